The maximum absolute atomic E-state index is 11.4. The molecular weight excluding hydrogens is 247 g/mol. The molecule has 1 aromatic carbocycles. The highest BCUT2D eigenvalue weighted by atomic mass is 35.5. The zero-order valence-corrected chi connectivity index (χ0v) is 9.40. The van der Waals surface area contributed by atoms with Crippen molar-refractivity contribution in [3.05, 3.63) is 28.2 Å². The van der Waals surface area contributed by atoms with Gasteiger partial charge in [-0.25, -0.2) is 8.42 Å². The van der Waals surface area contributed by atoms with Gasteiger partial charge in [0.1, 0.15) is 0 Å². The van der Waals surface area contributed by atoms with Gasteiger partial charge in [0.2, 0.25) is 0 Å². The van der Waals surface area contributed by atoms with E-state index < -0.39 is 16.4 Å². The van der Waals surface area contributed by atoms with Gasteiger partial charge in [0, 0.05) is 0 Å². The average Bonchev–Trinajstić information content (AvgIpc) is 2.09. The quantitative estimate of drug-likeness (QED) is 0.895. The summed E-state index contributed by atoms with van der Waals surface area (Å²) in [5.41, 5.74) is 0. The maximum atomic E-state index is 11.4. The third kappa shape index (κ3) is 2.60. The molecule has 14 heavy (non-hydrogen) atoms. The van der Waals surface area contributed by atoms with Crippen LogP contribution in [0.15, 0.2) is 23.1 Å². The Morgan fingerprint density at radius 3 is 2.36 bits per heavy atom. The predicted molar refractivity (Wildman–Crippen MR) is 55.6 cm³/mol. The first-order chi connectivity index (χ1) is 6.47. The maximum Gasteiger partial charge on any atom is 0.180 e. The van der Waals surface area contributed by atoms with E-state index in [9.17, 15) is 8.42 Å². The van der Waals surface area contributed by atoms with Crippen molar-refractivity contribution in [2.24, 2.45) is 0 Å². The van der Waals surface area contributed by atoms with Crippen LogP contribution in [0.2, 0.25) is 10.0 Å². The van der Waals surface area contributed by atoms with E-state index in [4.69, 9.17) is 28.3 Å². The summed E-state index contributed by atoms with van der Waals surface area (Å²) in [7, 11) is -3.44. The second kappa shape index (κ2) is 4.49. The molecule has 78 valence electrons. The summed E-state index contributed by atoms with van der Waals surface area (Å²) in [4.78, 5) is 0.0703. The van der Waals surface area contributed by atoms with Crippen LogP contribution < -0.4 is 0 Å². The molecule has 0 amide bonds. The molecule has 0 fully saturated rings. The fourth-order valence-electron chi connectivity index (χ4n) is 0.908. The van der Waals surface area contributed by atoms with Gasteiger partial charge in [-0.2, -0.15) is 0 Å². The molecule has 1 aromatic rings. The van der Waals surface area contributed by atoms with Crippen LogP contribution in [-0.4, -0.2) is 25.9 Å². The average molecular weight is 255 g/mol. The molecule has 3 nitrogen and oxygen atoms in total. The van der Waals surface area contributed by atoms with Crippen molar-refractivity contribution in [1.29, 1.82) is 0 Å². The monoisotopic (exact) mass is 254 g/mol. The lowest BCUT2D eigenvalue weighted by molar-refractivity contribution is 0.319. The molecular formula is C8H8Cl2O3S. The minimum Gasteiger partial charge on any atom is -0.395 e. The van der Waals surface area contributed by atoms with Gasteiger partial charge < -0.3 is 5.11 Å². The zero-order valence-electron chi connectivity index (χ0n) is 7.07. The molecule has 1 rings (SSSR count). The molecule has 0 heterocycles. The fourth-order valence-corrected chi connectivity index (χ4v) is 2.32. The van der Waals surface area contributed by atoms with Crippen LogP contribution in [0.3, 0.4) is 0 Å². The lowest BCUT2D eigenvalue weighted by Crippen LogP contribution is -2.09. The van der Waals surface area contributed by atoms with Gasteiger partial charge in [-0.15, -0.1) is 0 Å². The second-order valence-corrected chi connectivity index (χ2v) is 5.54. The Kier molecular flexibility index (Phi) is 3.78. The molecule has 0 aliphatic carbocycles. The largest absolute Gasteiger partial charge is 0.395 e. The van der Waals surface area contributed by atoms with Crippen molar-refractivity contribution in [2.75, 3.05) is 12.4 Å². The first-order valence-corrected chi connectivity index (χ1v) is 6.17. The Balaban J connectivity index is 3.15. The van der Waals surface area contributed by atoms with E-state index in [1.54, 1.807) is 0 Å². The molecule has 0 saturated heterocycles. The van der Waals surface area contributed by atoms with Crippen molar-refractivity contribution >= 4 is 33.0 Å². The summed E-state index contributed by atoms with van der Waals surface area (Å²) in [5, 5.41) is 9.04. The lowest BCUT2D eigenvalue weighted by Gasteiger charge is -2.03. The highest BCUT2D eigenvalue weighted by Gasteiger charge is 2.14. The number of rotatable bonds is 3. The minimum absolute atomic E-state index is 0.0703. The highest BCUT2D eigenvalue weighted by molar-refractivity contribution is 7.91. The van der Waals surface area contributed by atoms with Gasteiger partial charge >= 0.3 is 0 Å². The van der Waals surface area contributed by atoms with E-state index in [1.165, 1.54) is 18.2 Å². The number of halogens is 2. The summed E-state index contributed by atoms with van der Waals surface area (Å²) in [6, 6.07) is 4.04. The molecule has 0 aliphatic heterocycles. The molecule has 0 radical (unpaired) electrons. The molecule has 0 aromatic heterocycles. The van der Waals surface area contributed by atoms with Crippen molar-refractivity contribution in [1.82, 2.24) is 0 Å². The summed E-state index contributed by atoms with van der Waals surface area (Å²) in [6.07, 6.45) is 0. The van der Waals surface area contributed by atoms with E-state index in [2.05, 4.69) is 0 Å². The zero-order chi connectivity index (χ0) is 10.8. The van der Waals surface area contributed by atoms with E-state index in [0.717, 1.165) is 0 Å². The van der Waals surface area contributed by atoms with E-state index in [1.807, 2.05) is 0 Å². The number of hydrogen-bond acceptors (Lipinski definition) is 3. The third-order valence-electron chi connectivity index (χ3n) is 1.61. The smallest absolute Gasteiger partial charge is 0.180 e. The highest BCUT2D eigenvalue weighted by Crippen LogP contribution is 2.25. The first kappa shape index (κ1) is 11.8. The lowest BCUT2D eigenvalue weighted by atomic mass is 10.4. The van der Waals surface area contributed by atoms with Crippen LogP contribution >= 0.6 is 23.2 Å². The Morgan fingerprint density at radius 2 is 1.86 bits per heavy atom. The predicted octanol–water partition coefficient (Wildman–Crippen LogP) is 1.76. The van der Waals surface area contributed by atoms with Gasteiger partial charge in [0.15, 0.2) is 9.84 Å². The molecule has 0 bridgehead atoms. The van der Waals surface area contributed by atoms with Crippen molar-refractivity contribution in [2.45, 2.75) is 4.90 Å². The summed E-state index contributed by atoms with van der Waals surface area (Å²) in [5.74, 6) is -0.315. The summed E-state index contributed by atoms with van der Waals surface area (Å²) in [6.45, 7) is -0.414. The van der Waals surface area contributed by atoms with E-state index >= 15 is 0 Å². The molecule has 0 saturated carbocycles. The van der Waals surface area contributed by atoms with Crippen molar-refractivity contribution in [3.8, 4) is 0 Å². The number of benzene rings is 1. The Labute approximate surface area is 92.2 Å². The van der Waals surface area contributed by atoms with Gasteiger partial charge in [0.25, 0.3) is 0 Å². The Hall–Kier alpha value is -0.290. The van der Waals surface area contributed by atoms with Gasteiger partial charge in [0.05, 0.1) is 27.3 Å². The molecule has 6 heteroatoms. The Bertz CT molecular complexity index is 428. The van der Waals surface area contributed by atoms with Crippen LogP contribution in [0, 0.1) is 0 Å². The number of aliphatic hydroxyl groups is 1. The van der Waals surface area contributed by atoms with E-state index in [0.29, 0.717) is 5.02 Å². The second-order valence-electron chi connectivity index (χ2n) is 2.62. The molecule has 0 aliphatic rings. The minimum atomic E-state index is -3.44. The van der Waals surface area contributed by atoms with Gasteiger partial charge in [-0.3, -0.25) is 0 Å². The topological polar surface area (TPSA) is 54.4 Å². The molecule has 1 N–H and O–H groups in total. The van der Waals surface area contributed by atoms with Gasteiger partial charge in [-0.1, -0.05) is 23.2 Å². The van der Waals surface area contributed by atoms with Crippen LogP contribution in [0.1, 0.15) is 0 Å². The fraction of sp³-hybridized carbons (Fsp3) is 0.250. The third-order valence-corrected chi connectivity index (χ3v) is 4.04. The summed E-state index contributed by atoms with van der Waals surface area (Å²) >= 11 is 11.3. The van der Waals surface area contributed by atoms with Crippen LogP contribution in [0.4, 0.5) is 0 Å². The molecule has 0 spiro atoms. The normalized spacial score (nSPS) is 11.6. The molecule has 0 atom stereocenters. The number of aliphatic hydroxyl groups excluding tert-OH is 1. The number of sulfone groups is 1. The van der Waals surface area contributed by atoms with Gasteiger partial charge in [-0.05, 0) is 18.2 Å². The SMILES string of the molecule is O=S(=O)(CCO)c1ccc(Cl)c(Cl)c1. The number of hydrogen-bond donors (Lipinski definition) is 1. The van der Waals surface area contributed by atoms with Crippen molar-refractivity contribution < 1.29 is 13.5 Å². The van der Waals surface area contributed by atoms with E-state index in [-0.39, 0.29) is 15.7 Å². The van der Waals surface area contributed by atoms with Crippen LogP contribution in [0.5, 0.6) is 0 Å². The Morgan fingerprint density at radius 1 is 1.21 bits per heavy atom. The van der Waals surface area contributed by atoms with Crippen LogP contribution in [-0.2, 0) is 9.84 Å². The summed E-state index contributed by atoms with van der Waals surface area (Å²) < 4.78 is 22.9. The standard InChI is InChI=1S/C8H8Cl2O3S/c9-7-2-1-6(5-8(7)10)14(12,13)4-3-11/h1-2,5,11H,3-4H2. The molecule has 0 unspecified atom stereocenters. The van der Waals surface area contributed by atoms with Crippen LogP contribution in [0.25, 0.3) is 0 Å². The van der Waals surface area contributed by atoms with Crippen molar-refractivity contribution in [3.63, 3.8) is 0 Å². The first-order valence-electron chi connectivity index (χ1n) is 3.76.